The maximum absolute atomic E-state index is 12.3. The second-order valence-electron chi connectivity index (χ2n) is 9.07. The lowest BCUT2D eigenvalue weighted by atomic mass is 10.1. The topological polar surface area (TPSA) is 101 Å². The summed E-state index contributed by atoms with van der Waals surface area (Å²) in [6, 6.07) is 34.7. The lowest BCUT2D eigenvalue weighted by Crippen LogP contribution is -2.26. The summed E-state index contributed by atoms with van der Waals surface area (Å²) in [5, 5.41) is 15.9. The number of rotatable bonds is 11. The summed E-state index contributed by atoms with van der Waals surface area (Å²) in [5.74, 6) is 0.291. The molecule has 0 saturated heterocycles. The van der Waals surface area contributed by atoms with Gasteiger partial charge in [0.2, 0.25) is 0 Å². The number of amides is 1. The first kappa shape index (κ1) is 25.6. The summed E-state index contributed by atoms with van der Waals surface area (Å²) in [6.07, 6.45) is -0.118. The van der Waals surface area contributed by atoms with Crippen LogP contribution in [0.4, 0.5) is 5.69 Å². The van der Waals surface area contributed by atoms with Crippen LogP contribution in [0.1, 0.15) is 28.4 Å². The number of aliphatic carboxylic acids is 1. The zero-order valence-electron chi connectivity index (χ0n) is 21.2. The number of hydrogen-bond acceptors (Lipinski definition) is 5. The van der Waals surface area contributed by atoms with Crippen molar-refractivity contribution in [3.8, 4) is 17.1 Å². The molecule has 0 fully saturated rings. The Balaban J connectivity index is 1.24. The zero-order valence-corrected chi connectivity index (χ0v) is 21.2. The molecule has 39 heavy (non-hydrogen) atoms. The normalized spacial score (nSPS) is 11.6. The maximum atomic E-state index is 12.3. The first-order chi connectivity index (χ1) is 19.0. The van der Waals surface area contributed by atoms with Gasteiger partial charge in [0.1, 0.15) is 23.7 Å². The fraction of sp³-hybridized carbons (Fsp3) is 0.125. The Bertz CT molecular complexity index is 1510. The summed E-state index contributed by atoms with van der Waals surface area (Å²) in [7, 11) is 0. The summed E-state index contributed by atoms with van der Waals surface area (Å²) in [5.41, 5.74) is 4.18. The molecule has 1 atom stereocenters. The van der Waals surface area contributed by atoms with E-state index in [2.05, 4.69) is 10.6 Å². The molecule has 0 aliphatic heterocycles. The van der Waals surface area contributed by atoms with Crippen LogP contribution in [0.5, 0.6) is 5.75 Å². The molecular formula is C32H28N2O5. The van der Waals surface area contributed by atoms with Gasteiger partial charge in [-0.15, -0.1) is 0 Å². The van der Waals surface area contributed by atoms with E-state index in [1.807, 2.05) is 97.1 Å². The average molecular weight is 521 g/mol. The van der Waals surface area contributed by atoms with Crippen LogP contribution < -0.4 is 15.4 Å². The van der Waals surface area contributed by atoms with Crippen molar-refractivity contribution in [2.24, 2.45) is 0 Å². The molecule has 196 valence electrons. The third kappa shape index (κ3) is 6.64. The number of carboxylic acids is 1. The second kappa shape index (κ2) is 12.0. The van der Waals surface area contributed by atoms with Gasteiger partial charge in [-0.3, -0.25) is 9.59 Å². The molecule has 1 amide bonds. The van der Waals surface area contributed by atoms with Gasteiger partial charge in [-0.25, -0.2) is 0 Å². The van der Waals surface area contributed by atoms with E-state index < -0.39 is 5.97 Å². The average Bonchev–Trinajstić information content (AvgIpc) is 3.40. The van der Waals surface area contributed by atoms with Crippen LogP contribution in [0.2, 0.25) is 0 Å². The highest BCUT2D eigenvalue weighted by Crippen LogP contribution is 2.29. The molecule has 0 aliphatic rings. The molecule has 7 heteroatoms. The quantitative estimate of drug-likeness (QED) is 0.183. The molecule has 5 aromatic rings. The Morgan fingerprint density at radius 1 is 0.846 bits per heavy atom. The van der Waals surface area contributed by atoms with Gasteiger partial charge in [-0.05, 0) is 66.2 Å². The minimum atomic E-state index is -0.953. The van der Waals surface area contributed by atoms with Crippen LogP contribution in [0.25, 0.3) is 22.3 Å². The monoisotopic (exact) mass is 520 g/mol. The van der Waals surface area contributed by atoms with E-state index in [9.17, 15) is 9.59 Å². The molecule has 3 N–H and O–H groups in total. The lowest BCUT2D eigenvalue weighted by Gasteiger charge is -2.21. The fourth-order valence-electron chi connectivity index (χ4n) is 4.23. The Labute approximate surface area is 226 Å². The standard InChI is InChI=1S/C32H28N2O5/c35-31(36)18-19-33-32(37)24-10-14-26(15-11-24)34-28(22-6-2-1-3-7-22)21-38-27-16-12-23(13-17-27)30-20-25-8-4-5-9-29(25)39-30/h1-17,20,28,34H,18-19,21H2,(H,33,37)(H,35,36). The summed E-state index contributed by atoms with van der Waals surface area (Å²) < 4.78 is 12.1. The van der Waals surface area contributed by atoms with E-state index in [-0.39, 0.29) is 24.9 Å². The number of furan rings is 1. The van der Waals surface area contributed by atoms with E-state index in [1.165, 1.54) is 0 Å². The SMILES string of the molecule is O=C(O)CCNC(=O)c1ccc(NC(COc2ccc(-c3cc4ccccc4o3)cc2)c2ccccc2)cc1. The highest BCUT2D eigenvalue weighted by atomic mass is 16.5. The van der Waals surface area contributed by atoms with Crippen molar-refractivity contribution in [1.29, 1.82) is 0 Å². The van der Waals surface area contributed by atoms with Crippen LogP contribution in [0.15, 0.2) is 114 Å². The third-order valence-electron chi connectivity index (χ3n) is 6.30. The molecule has 0 saturated carbocycles. The number of carboxylic acid groups (broad SMARTS) is 1. The van der Waals surface area contributed by atoms with E-state index in [4.69, 9.17) is 14.3 Å². The molecule has 0 radical (unpaired) electrons. The largest absolute Gasteiger partial charge is 0.491 e. The summed E-state index contributed by atoms with van der Waals surface area (Å²) in [4.78, 5) is 22.9. The second-order valence-corrected chi connectivity index (χ2v) is 9.07. The van der Waals surface area contributed by atoms with Crippen LogP contribution in [-0.4, -0.2) is 30.1 Å². The Morgan fingerprint density at radius 3 is 2.28 bits per heavy atom. The first-order valence-electron chi connectivity index (χ1n) is 12.7. The van der Waals surface area contributed by atoms with E-state index in [0.29, 0.717) is 12.2 Å². The van der Waals surface area contributed by atoms with Crippen molar-refractivity contribution in [1.82, 2.24) is 5.32 Å². The molecule has 0 aliphatic carbocycles. The van der Waals surface area contributed by atoms with Gasteiger partial charge in [-0.1, -0.05) is 48.5 Å². The number of hydrogen-bond donors (Lipinski definition) is 3. The Kier molecular flexibility index (Phi) is 7.88. The number of benzene rings is 4. The predicted octanol–water partition coefficient (Wildman–Crippen LogP) is 6.54. The van der Waals surface area contributed by atoms with Crippen molar-refractivity contribution in [2.75, 3.05) is 18.5 Å². The molecule has 4 aromatic carbocycles. The van der Waals surface area contributed by atoms with Crippen molar-refractivity contribution in [3.63, 3.8) is 0 Å². The predicted molar refractivity (Wildman–Crippen MR) is 151 cm³/mol. The zero-order chi connectivity index (χ0) is 27.0. The molecule has 5 rings (SSSR count). The number of nitrogens with one attached hydrogen (secondary N) is 2. The van der Waals surface area contributed by atoms with E-state index >= 15 is 0 Å². The van der Waals surface area contributed by atoms with E-state index in [0.717, 1.165) is 39.3 Å². The molecule has 1 aromatic heterocycles. The minimum Gasteiger partial charge on any atom is -0.491 e. The summed E-state index contributed by atoms with van der Waals surface area (Å²) >= 11 is 0. The lowest BCUT2D eigenvalue weighted by molar-refractivity contribution is -0.136. The number of carbonyl (C=O) groups excluding carboxylic acids is 1. The first-order valence-corrected chi connectivity index (χ1v) is 12.7. The van der Waals surface area contributed by atoms with Crippen LogP contribution >= 0.6 is 0 Å². The van der Waals surface area contributed by atoms with Crippen molar-refractivity contribution < 1.29 is 23.8 Å². The Morgan fingerprint density at radius 2 is 1.56 bits per heavy atom. The van der Waals surface area contributed by atoms with Crippen LogP contribution in [0.3, 0.4) is 0 Å². The van der Waals surface area contributed by atoms with Crippen LogP contribution in [0, 0.1) is 0 Å². The van der Waals surface area contributed by atoms with Crippen molar-refractivity contribution in [3.05, 3.63) is 120 Å². The third-order valence-corrected chi connectivity index (χ3v) is 6.30. The van der Waals surface area contributed by atoms with Gasteiger partial charge in [0.25, 0.3) is 5.91 Å². The van der Waals surface area contributed by atoms with Gasteiger partial charge in [0.15, 0.2) is 0 Å². The van der Waals surface area contributed by atoms with Crippen molar-refractivity contribution in [2.45, 2.75) is 12.5 Å². The highest BCUT2D eigenvalue weighted by molar-refractivity contribution is 5.94. The molecule has 1 unspecified atom stereocenters. The number of ether oxygens (including phenoxy) is 1. The van der Waals surface area contributed by atoms with Crippen molar-refractivity contribution >= 4 is 28.5 Å². The van der Waals surface area contributed by atoms with Gasteiger partial charge in [0, 0.05) is 28.7 Å². The molecule has 0 spiro atoms. The molecule has 7 nitrogen and oxygen atoms in total. The van der Waals surface area contributed by atoms with Crippen LogP contribution in [-0.2, 0) is 4.79 Å². The number of carbonyl (C=O) groups is 2. The number of fused-ring (bicyclic) bond motifs is 1. The van der Waals surface area contributed by atoms with Gasteiger partial charge in [-0.2, -0.15) is 0 Å². The molecule has 0 bridgehead atoms. The molecule has 1 heterocycles. The highest BCUT2D eigenvalue weighted by Gasteiger charge is 2.14. The van der Waals surface area contributed by atoms with Gasteiger partial charge >= 0.3 is 5.97 Å². The van der Waals surface area contributed by atoms with Gasteiger partial charge in [0.05, 0.1) is 12.5 Å². The Hall–Kier alpha value is -5.04. The fourth-order valence-corrected chi connectivity index (χ4v) is 4.23. The maximum Gasteiger partial charge on any atom is 0.305 e. The number of anilines is 1. The van der Waals surface area contributed by atoms with Gasteiger partial charge < -0.3 is 24.9 Å². The molecular weight excluding hydrogens is 492 g/mol. The summed E-state index contributed by atoms with van der Waals surface area (Å²) in [6.45, 7) is 0.465. The minimum absolute atomic E-state index is 0.0842. The van der Waals surface area contributed by atoms with E-state index in [1.54, 1.807) is 12.1 Å². The smallest absolute Gasteiger partial charge is 0.305 e. The number of para-hydroxylation sites is 1.